The maximum absolute atomic E-state index is 14.2. The number of carbonyl (C=O) groups is 6. The molecule has 240 valence electrons. The number of carbonyl (C=O) groups excluding carboxylic acids is 6. The summed E-state index contributed by atoms with van der Waals surface area (Å²) in [6.45, 7) is 15.0. The molecule has 2 aliphatic carbocycles. The van der Waals surface area contributed by atoms with Gasteiger partial charge >= 0.3 is 6.03 Å². The zero-order valence-electron chi connectivity index (χ0n) is 26.7. The van der Waals surface area contributed by atoms with Crippen LogP contribution in [0.3, 0.4) is 0 Å². The highest BCUT2D eigenvalue weighted by atomic mass is 16.2. The zero-order chi connectivity index (χ0) is 32.0. The van der Waals surface area contributed by atoms with Crippen LogP contribution in [0.1, 0.15) is 80.6 Å². The van der Waals surface area contributed by atoms with Gasteiger partial charge in [0.2, 0.25) is 23.5 Å². The van der Waals surface area contributed by atoms with E-state index in [9.17, 15) is 28.8 Å². The third kappa shape index (κ3) is 6.98. The van der Waals surface area contributed by atoms with Crippen LogP contribution >= 0.6 is 0 Å². The quantitative estimate of drug-likeness (QED) is 0.259. The van der Waals surface area contributed by atoms with E-state index in [1.807, 2.05) is 34.6 Å². The lowest BCUT2D eigenvalue weighted by Crippen LogP contribution is -2.62. The number of likely N-dealkylation sites (tertiary alicyclic amines) is 2. The lowest BCUT2D eigenvalue weighted by atomic mass is 9.85. The Morgan fingerprint density at radius 2 is 1.53 bits per heavy atom. The van der Waals surface area contributed by atoms with Gasteiger partial charge in [-0.25, -0.2) is 4.79 Å². The Labute approximate surface area is 254 Å². The Morgan fingerprint density at radius 3 is 2.05 bits per heavy atom. The molecule has 4 fully saturated rings. The Kier molecular flexibility index (Phi) is 9.19. The van der Waals surface area contributed by atoms with Crippen LogP contribution in [0.2, 0.25) is 0 Å². The molecule has 4 aliphatic rings. The van der Waals surface area contributed by atoms with E-state index in [1.54, 1.807) is 4.90 Å². The van der Waals surface area contributed by atoms with Gasteiger partial charge in [0, 0.05) is 19.6 Å². The topological polar surface area (TPSA) is 171 Å². The smallest absolute Gasteiger partial charge is 0.316 e. The molecule has 0 aromatic rings. The molecule has 6 amide bonds. The van der Waals surface area contributed by atoms with E-state index >= 15 is 0 Å². The summed E-state index contributed by atoms with van der Waals surface area (Å²) in [6.07, 6.45) is 4.06. The molecule has 12 heteroatoms. The van der Waals surface area contributed by atoms with Crippen LogP contribution in [0.4, 0.5) is 4.79 Å². The number of hydrogen-bond acceptors (Lipinski definition) is 6. The molecule has 0 aromatic heterocycles. The van der Waals surface area contributed by atoms with Crippen LogP contribution < -0.4 is 21.7 Å². The first-order valence-corrected chi connectivity index (χ1v) is 15.8. The number of nitrogens with one attached hydrogen (secondary N) is 3. The van der Waals surface area contributed by atoms with Gasteiger partial charge in [0.1, 0.15) is 18.1 Å². The summed E-state index contributed by atoms with van der Waals surface area (Å²) >= 11 is 0. The van der Waals surface area contributed by atoms with Gasteiger partial charge in [0.05, 0.1) is 6.04 Å². The normalized spacial score (nSPS) is 26.3. The first-order chi connectivity index (χ1) is 19.9. The highest BCUT2D eigenvalue weighted by molar-refractivity contribution is 6.37. The molecule has 0 bridgehead atoms. The van der Waals surface area contributed by atoms with E-state index in [1.165, 1.54) is 4.90 Å². The number of nitrogens with two attached hydrogens (primary N) is 1. The Balaban J connectivity index is 1.51. The zero-order valence-corrected chi connectivity index (χ0v) is 26.7. The molecule has 5 N–H and O–H groups in total. The molecule has 1 unspecified atom stereocenters. The van der Waals surface area contributed by atoms with E-state index in [4.69, 9.17) is 5.73 Å². The summed E-state index contributed by atoms with van der Waals surface area (Å²) in [6, 6.07) is -4.24. The van der Waals surface area contributed by atoms with Crippen molar-refractivity contribution in [2.45, 2.75) is 105 Å². The minimum atomic E-state index is -1.10. The predicted molar refractivity (Wildman–Crippen MR) is 159 cm³/mol. The molecule has 2 heterocycles. The number of urea groups is 1. The highest BCUT2D eigenvalue weighted by Gasteiger charge is 2.70. The monoisotopic (exact) mass is 602 g/mol. The summed E-state index contributed by atoms with van der Waals surface area (Å²) in [4.78, 5) is 82.0. The van der Waals surface area contributed by atoms with Crippen molar-refractivity contribution < 1.29 is 28.8 Å². The van der Waals surface area contributed by atoms with Crippen LogP contribution in [-0.4, -0.2) is 89.0 Å². The first-order valence-electron chi connectivity index (χ1n) is 15.8. The average Bonchev–Trinajstić information content (AvgIpc) is 3.60. The molecule has 2 saturated carbocycles. The molecule has 0 radical (unpaired) electrons. The second-order valence-corrected chi connectivity index (χ2v) is 15.0. The maximum Gasteiger partial charge on any atom is 0.316 e. The third-order valence-electron chi connectivity index (χ3n) is 9.93. The van der Waals surface area contributed by atoms with E-state index in [0.717, 1.165) is 25.7 Å². The Hall–Kier alpha value is -3.18. The molecule has 2 aliphatic heterocycles. The van der Waals surface area contributed by atoms with E-state index < -0.39 is 59.1 Å². The van der Waals surface area contributed by atoms with Gasteiger partial charge < -0.3 is 31.5 Å². The molecule has 4 rings (SSSR count). The number of fused-ring (bicyclic) bond motifs is 1. The number of rotatable bonds is 11. The number of ketones is 1. The second kappa shape index (κ2) is 12.1. The first kappa shape index (κ1) is 32.7. The fraction of sp³-hybridized carbons (Fsp3) is 0.806. The van der Waals surface area contributed by atoms with Crippen molar-refractivity contribution in [1.82, 2.24) is 25.8 Å². The van der Waals surface area contributed by atoms with Crippen molar-refractivity contribution in [3.8, 4) is 0 Å². The number of nitrogens with zero attached hydrogens (tertiary/aromatic N) is 2. The second-order valence-electron chi connectivity index (χ2n) is 15.0. The lowest BCUT2D eigenvalue weighted by Gasteiger charge is -2.38. The summed E-state index contributed by atoms with van der Waals surface area (Å²) in [5.41, 5.74) is 4.38. The van der Waals surface area contributed by atoms with E-state index in [0.29, 0.717) is 26.1 Å². The van der Waals surface area contributed by atoms with Crippen LogP contribution in [0.5, 0.6) is 0 Å². The maximum atomic E-state index is 14.2. The van der Waals surface area contributed by atoms with Crippen molar-refractivity contribution >= 4 is 35.4 Å². The average molecular weight is 603 g/mol. The Bertz CT molecular complexity index is 1150. The number of piperidine rings is 1. The van der Waals surface area contributed by atoms with Gasteiger partial charge in [-0.15, -0.1) is 0 Å². The van der Waals surface area contributed by atoms with Gasteiger partial charge in [0.15, 0.2) is 0 Å². The SMILES string of the molecule is CC(C)[C@H](NC(=O)N[C@H](C(=O)N1C[C@H]2[C@@H]([C@H]1C(=O)NC(CC1CC1)C(=O)C(N)=O)C2(C)C)C(C)(C)C)C(=O)N1CCCC1. The fourth-order valence-corrected chi connectivity index (χ4v) is 6.94. The lowest BCUT2D eigenvalue weighted by molar-refractivity contribution is -0.145. The number of hydrogen-bond donors (Lipinski definition) is 4. The van der Waals surface area contributed by atoms with Crippen molar-refractivity contribution in [1.29, 1.82) is 0 Å². The molecule has 2 saturated heterocycles. The van der Waals surface area contributed by atoms with Crippen molar-refractivity contribution in [2.24, 2.45) is 40.2 Å². The molecule has 12 nitrogen and oxygen atoms in total. The van der Waals surface area contributed by atoms with E-state index in [-0.39, 0.29) is 35.0 Å². The fourth-order valence-electron chi connectivity index (χ4n) is 6.94. The van der Waals surface area contributed by atoms with Crippen LogP contribution in [-0.2, 0) is 24.0 Å². The van der Waals surface area contributed by atoms with Gasteiger partial charge in [-0.1, -0.05) is 61.3 Å². The van der Waals surface area contributed by atoms with Gasteiger partial charge in [-0.2, -0.15) is 0 Å². The summed E-state index contributed by atoms with van der Waals surface area (Å²) < 4.78 is 0. The number of primary amides is 1. The largest absolute Gasteiger partial charge is 0.363 e. The van der Waals surface area contributed by atoms with Crippen LogP contribution in [0, 0.1) is 34.5 Å². The van der Waals surface area contributed by atoms with E-state index in [2.05, 4.69) is 29.8 Å². The number of Topliss-reactive ketones (excluding diaryl/α,β-unsaturated/α-hetero) is 1. The third-order valence-corrected chi connectivity index (χ3v) is 9.93. The molecule has 0 spiro atoms. The molecule has 0 aromatic carbocycles. The van der Waals surface area contributed by atoms with Gasteiger partial charge in [-0.05, 0) is 53.8 Å². The summed E-state index contributed by atoms with van der Waals surface area (Å²) in [7, 11) is 0. The Morgan fingerprint density at radius 1 is 0.930 bits per heavy atom. The summed E-state index contributed by atoms with van der Waals surface area (Å²) in [5, 5.41) is 8.39. The molecule has 6 atom stereocenters. The standard InChI is InChI=1S/C31H50N6O6/c1-16(2)21(27(41)36-12-8-9-13-36)34-29(43)35-24(30(3,4)5)28(42)37-15-18-20(31(18,6)7)22(37)26(40)33-19(14-17-10-11-17)23(38)25(32)39/h16-22,24H,8-15H2,1-7H3,(H2,32,39)(H,33,40)(H2,34,35,43)/t18-,19?,20-,21-,22-,24+/m0/s1. The summed E-state index contributed by atoms with van der Waals surface area (Å²) in [5.74, 6) is -2.91. The van der Waals surface area contributed by atoms with Gasteiger partial charge in [-0.3, -0.25) is 24.0 Å². The minimum absolute atomic E-state index is 0.0822. The van der Waals surface area contributed by atoms with Crippen molar-refractivity contribution in [3.63, 3.8) is 0 Å². The van der Waals surface area contributed by atoms with Crippen LogP contribution in [0.15, 0.2) is 0 Å². The minimum Gasteiger partial charge on any atom is -0.363 e. The van der Waals surface area contributed by atoms with Crippen molar-refractivity contribution in [2.75, 3.05) is 19.6 Å². The molecule has 43 heavy (non-hydrogen) atoms. The van der Waals surface area contributed by atoms with Crippen molar-refractivity contribution in [3.05, 3.63) is 0 Å². The van der Waals surface area contributed by atoms with Crippen LogP contribution in [0.25, 0.3) is 0 Å². The molecular weight excluding hydrogens is 552 g/mol. The van der Waals surface area contributed by atoms with Gasteiger partial charge in [0.25, 0.3) is 5.91 Å². The highest BCUT2D eigenvalue weighted by Crippen LogP contribution is 2.65. The predicted octanol–water partition coefficient (Wildman–Crippen LogP) is 1.17. The molecular formula is C31H50N6O6. The number of amides is 6.